The highest BCUT2D eigenvalue weighted by atomic mass is 32.1. The molecule has 0 aliphatic carbocycles. The van der Waals surface area contributed by atoms with Crippen LogP contribution in [0.3, 0.4) is 0 Å². The predicted molar refractivity (Wildman–Crippen MR) is 62.4 cm³/mol. The standard InChI is InChI=1S/C10H12N2OS2/c1-3-8-10(15-12-11-8)9(13)7-4-6(2)14-5-7/h4-5,9,13H,3H2,1-2H3. The Morgan fingerprint density at radius 1 is 1.53 bits per heavy atom. The summed E-state index contributed by atoms with van der Waals surface area (Å²) in [6.45, 7) is 4.05. The van der Waals surface area contributed by atoms with Gasteiger partial charge in [-0.1, -0.05) is 11.4 Å². The van der Waals surface area contributed by atoms with E-state index >= 15 is 0 Å². The molecule has 3 nitrogen and oxygen atoms in total. The van der Waals surface area contributed by atoms with Crippen LogP contribution in [-0.2, 0) is 6.42 Å². The van der Waals surface area contributed by atoms with E-state index in [1.807, 2.05) is 25.3 Å². The van der Waals surface area contributed by atoms with Crippen LogP contribution in [0.1, 0.15) is 34.0 Å². The second kappa shape index (κ2) is 4.38. The summed E-state index contributed by atoms with van der Waals surface area (Å²) >= 11 is 2.93. The molecule has 2 rings (SSSR count). The second-order valence-corrected chi connectivity index (χ2v) is 5.23. The lowest BCUT2D eigenvalue weighted by Gasteiger charge is -2.06. The van der Waals surface area contributed by atoms with Crippen molar-refractivity contribution in [2.75, 3.05) is 0 Å². The van der Waals surface area contributed by atoms with E-state index in [-0.39, 0.29) is 0 Å². The third-order valence-electron chi connectivity index (χ3n) is 2.23. The van der Waals surface area contributed by atoms with Gasteiger partial charge in [-0.3, -0.25) is 0 Å². The topological polar surface area (TPSA) is 46.0 Å². The van der Waals surface area contributed by atoms with Gasteiger partial charge in [0.15, 0.2) is 0 Å². The molecule has 15 heavy (non-hydrogen) atoms. The highest BCUT2D eigenvalue weighted by molar-refractivity contribution is 7.10. The van der Waals surface area contributed by atoms with Crippen LogP contribution >= 0.6 is 22.9 Å². The largest absolute Gasteiger partial charge is 0.383 e. The Kier molecular flexibility index (Phi) is 3.14. The summed E-state index contributed by atoms with van der Waals surface area (Å²) in [5.74, 6) is 0. The number of nitrogens with zero attached hydrogens (tertiary/aromatic N) is 2. The first-order valence-electron chi connectivity index (χ1n) is 4.76. The first-order chi connectivity index (χ1) is 7.22. The molecule has 0 aliphatic rings. The van der Waals surface area contributed by atoms with Gasteiger partial charge in [0.1, 0.15) is 6.10 Å². The molecule has 5 heteroatoms. The highest BCUT2D eigenvalue weighted by Gasteiger charge is 2.18. The number of aliphatic hydroxyl groups is 1. The lowest BCUT2D eigenvalue weighted by atomic mass is 10.1. The fourth-order valence-corrected chi connectivity index (χ4v) is 2.90. The van der Waals surface area contributed by atoms with Crippen molar-refractivity contribution in [3.8, 4) is 0 Å². The van der Waals surface area contributed by atoms with E-state index in [2.05, 4.69) is 9.59 Å². The molecular formula is C10H12N2OS2. The van der Waals surface area contributed by atoms with Gasteiger partial charge in [-0.15, -0.1) is 16.4 Å². The molecule has 1 unspecified atom stereocenters. The molecule has 0 aromatic carbocycles. The van der Waals surface area contributed by atoms with Crippen LogP contribution in [-0.4, -0.2) is 14.7 Å². The number of aromatic nitrogens is 2. The van der Waals surface area contributed by atoms with E-state index in [0.29, 0.717) is 0 Å². The predicted octanol–water partition coefficient (Wildman–Crippen LogP) is 2.55. The summed E-state index contributed by atoms with van der Waals surface area (Å²) in [5, 5.41) is 16.1. The molecule has 2 heterocycles. The van der Waals surface area contributed by atoms with E-state index in [4.69, 9.17) is 0 Å². The van der Waals surface area contributed by atoms with Crippen molar-refractivity contribution in [2.24, 2.45) is 0 Å². The average Bonchev–Trinajstić information content (AvgIpc) is 2.84. The summed E-state index contributed by atoms with van der Waals surface area (Å²) < 4.78 is 3.88. The van der Waals surface area contributed by atoms with Gasteiger partial charge < -0.3 is 5.11 Å². The van der Waals surface area contributed by atoms with Crippen LogP contribution in [0, 0.1) is 6.92 Å². The quantitative estimate of drug-likeness (QED) is 0.896. The molecule has 80 valence electrons. The maximum atomic E-state index is 10.1. The first-order valence-corrected chi connectivity index (χ1v) is 6.42. The van der Waals surface area contributed by atoms with E-state index in [9.17, 15) is 5.11 Å². The Balaban J connectivity index is 2.31. The fraction of sp³-hybridized carbons (Fsp3) is 0.400. The normalized spacial score (nSPS) is 13.0. The summed E-state index contributed by atoms with van der Waals surface area (Å²) in [4.78, 5) is 2.08. The van der Waals surface area contributed by atoms with Gasteiger partial charge in [0.2, 0.25) is 0 Å². The van der Waals surface area contributed by atoms with Crippen LogP contribution in [0.2, 0.25) is 0 Å². The lowest BCUT2D eigenvalue weighted by Crippen LogP contribution is -1.99. The summed E-state index contributed by atoms with van der Waals surface area (Å²) in [6, 6.07) is 2.01. The van der Waals surface area contributed by atoms with Crippen molar-refractivity contribution < 1.29 is 5.11 Å². The van der Waals surface area contributed by atoms with Crippen molar-refractivity contribution in [3.05, 3.63) is 32.5 Å². The Labute approximate surface area is 96.6 Å². The monoisotopic (exact) mass is 240 g/mol. The minimum absolute atomic E-state index is 0.565. The fourth-order valence-electron chi connectivity index (χ4n) is 1.43. The Morgan fingerprint density at radius 3 is 2.93 bits per heavy atom. The maximum Gasteiger partial charge on any atom is 0.117 e. The van der Waals surface area contributed by atoms with E-state index < -0.39 is 6.10 Å². The van der Waals surface area contributed by atoms with Gasteiger partial charge in [0, 0.05) is 4.88 Å². The van der Waals surface area contributed by atoms with Gasteiger partial charge in [-0.2, -0.15) is 0 Å². The molecule has 0 spiro atoms. The summed E-state index contributed by atoms with van der Waals surface area (Å²) in [5.41, 5.74) is 1.84. The molecule has 1 atom stereocenters. The zero-order chi connectivity index (χ0) is 10.8. The van der Waals surface area contributed by atoms with Crippen molar-refractivity contribution in [3.63, 3.8) is 0 Å². The minimum Gasteiger partial charge on any atom is -0.383 e. The lowest BCUT2D eigenvalue weighted by molar-refractivity contribution is 0.223. The summed E-state index contributed by atoms with van der Waals surface area (Å²) in [7, 11) is 0. The third kappa shape index (κ3) is 2.09. The second-order valence-electron chi connectivity index (χ2n) is 3.33. The summed E-state index contributed by atoms with van der Waals surface area (Å²) in [6.07, 6.45) is 0.247. The van der Waals surface area contributed by atoms with Gasteiger partial charge in [0.05, 0.1) is 10.6 Å². The third-order valence-corrected chi connectivity index (χ3v) is 3.93. The van der Waals surface area contributed by atoms with Gasteiger partial charge in [-0.25, -0.2) is 0 Å². The molecule has 0 bridgehead atoms. The first kappa shape index (κ1) is 10.7. The Bertz CT molecular complexity index is 450. The highest BCUT2D eigenvalue weighted by Crippen LogP contribution is 2.29. The van der Waals surface area contributed by atoms with Crippen LogP contribution in [0.25, 0.3) is 0 Å². The van der Waals surface area contributed by atoms with Gasteiger partial charge >= 0.3 is 0 Å². The molecule has 0 saturated heterocycles. The minimum atomic E-state index is -0.565. The molecular weight excluding hydrogens is 228 g/mol. The molecule has 0 amide bonds. The van der Waals surface area contributed by atoms with Crippen molar-refractivity contribution in [1.29, 1.82) is 0 Å². The van der Waals surface area contributed by atoms with Crippen molar-refractivity contribution >= 4 is 22.9 Å². The van der Waals surface area contributed by atoms with Crippen LogP contribution < -0.4 is 0 Å². The van der Waals surface area contributed by atoms with Crippen molar-refractivity contribution in [1.82, 2.24) is 9.59 Å². The SMILES string of the molecule is CCc1nnsc1C(O)c1csc(C)c1. The number of rotatable bonds is 3. The molecule has 0 fully saturated rings. The number of aliphatic hydroxyl groups excluding tert-OH is 1. The number of hydrogen-bond donors (Lipinski definition) is 1. The van der Waals surface area contributed by atoms with E-state index in [1.165, 1.54) is 16.4 Å². The van der Waals surface area contributed by atoms with E-state index in [1.54, 1.807) is 11.3 Å². The Morgan fingerprint density at radius 2 is 2.33 bits per heavy atom. The smallest absolute Gasteiger partial charge is 0.117 e. The van der Waals surface area contributed by atoms with Crippen molar-refractivity contribution in [2.45, 2.75) is 26.4 Å². The number of hydrogen-bond acceptors (Lipinski definition) is 5. The molecule has 1 N–H and O–H groups in total. The zero-order valence-corrected chi connectivity index (χ0v) is 10.2. The Hall–Kier alpha value is -0.780. The molecule has 2 aromatic heterocycles. The van der Waals surface area contributed by atoms with Crippen LogP contribution in [0.5, 0.6) is 0 Å². The van der Waals surface area contributed by atoms with E-state index in [0.717, 1.165) is 22.6 Å². The average molecular weight is 240 g/mol. The molecule has 2 aromatic rings. The molecule has 0 aliphatic heterocycles. The molecule has 0 radical (unpaired) electrons. The molecule has 0 saturated carbocycles. The van der Waals surface area contributed by atoms with Crippen LogP contribution in [0.4, 0.5) is 0 Å². The number of aryl methyl sites for hydroxylation is 2. The van der Waals surface area contributed by atoms with Crippen LogP contribution in [0.15, 0.2) is 11.4 Å². The van der Waals surface area contributed by atoms with Gasteiger partial charge in [0.25, 0.3) is 0 Å². The zero-order valence-electron chi connectivity index (χ0n) is 8.60. The van der Waals surface area contributed by atoms with Gasteiger partial charge in [-0.05, 0) is 41.9 Å². The number of thiophene rings is 1. The maximum absolute atomic E-state index is 10.1.